The van der Waals surface area contributed by atoms with Gasteiger partial charge in [0.1, 0.15) is 5.75 Å². The Morgan fingerprint density at radius 1 is 1.50 bits per heavy atom. The largest absolute Gasteiger partial charge is 0.507 e. The standard InChI is InChI=1S/C10H11BrO3/c1-5-3-8(12)10(11)6(2)7(5)4-9(13)14/h3,12H,4H2,1-2H3,(H,13,14). The predicted molar refractivity (Wildman–Crippen MR) is 56.6 cm³/mol. The molecule has 0 spiro atoms. The van der Waals surface area contributed by atoms with E-state index in [1.54, 1.807) is 19.9 Å². The van der Waals surface area contributed by atoms with Crippen LogP contribution >= 0.6 is 15.9 Å². The number of phenolic OH excluding ortho intramolecular Hbond substituents is 1. The van der Waals surface area contributed by atoms with Crippen LogP contribution < -0.4 is 0 Å². The molecule has 0 unspecified atom stereocenters. The number of carboxylic acids is 1. The van der Waals surface area contributed by atoms with E-state index in [0.29, 0.717) is 4.47 Å². The van der Waals surface area contributed by atoms with Gasteiger partial charge < -0.3 is 10.2 Å². The van der Waals surface area contributed by atoms with Crippen molar-refractivity contribution >= 4 is 21.9 Å². The zero-order chi connectivity index (χ0) is 10.9. The molecule has 0 aliphatic rings. The van der Waals surface area contributed by atoms with Gasteiger partial charge in [-0.1, -0.05) is 0 Å². The third kappa shape index (κ3) is 2.07. The van der Waals surface area contributed by atoms with Crippen LogP contribution in [0.1, 0.15) is 16.7 Å². The van der Waals surface area contributed by atoms with Crippen molar-refractivity contribution < 1.29 is 15.0 Å². The average molecular weight is 259 g/mol. The molecular formula is C10H11BrO3. The highest BCUT2D eigenvalue weighted by molar-refractivity contribution is 9.10. The Balaban J connectivity index is 3.29. The number of hydrogen-bond donors (Lipinski definition) is 2. The molecule has 0 atom stereocenters. The molecule has 0 saturated carbocycles. The number of benzene rings is 1. The van der Waals surface area contributed by atoms with E-state index >= 15 is 0 Å². The molecule has 0 amide bonds. The van der Waals surface area contributed by atoms with E-state index in [1.807, 2.05) is 0 Å². The molecule has 0 fully saturated rings. The molecule has 3 nitrogen and oxygen atoms in total. The van der Waals surface area contributed by atoms with Crippen LogP contribution in [0.15, 0.2) is 10.5 Å². The van der Waals surface area contributed by atoms with Crippen LogP contribution in [0.3, 0.4) is 0 Å². The van der Waals surface area contributed by atoms with E-state index in [4.69, 9.17) is 5.11 Å². The number of carboxylic acid groups (broad SMARTS) is 1. The van der Waals surface area contributed by atoms with Crippen molar-refractivity contribution in [3.63, 3.8) is 0 Å². The van der Waals surface area contributed by atoms with Gasteiger partial charge in [0.05, 0.1) is 10.9 Å². The second-order valence-corrected chi connectivity index (χ2v) is 3.99. The van der Waals surface area contributed by atoms with Gasteiger partial charge in [0, 0.05) is 0 Å². The first-order valence-corrected chi connectivity index (χ1v) is 4.92. The van der Waals surface area contributed by atoms with E-state index in [9.17, 15) is 9.90 Å². The van der Waals surface area contributed by atoms with Crippen LogP contribution in [-0.4, -0.2) is 16.2 Å². The normalized spacial score (nSPS) is 10.2. The zero-order valence-electron chi connectivity index (χ0n) is 7.97. The van der Waals surface area contributed by atoms with Gasteiger partial charge in [0.25, 0.3) is 0 Å². The fourth-order valence-corrected chi connectivity index (χ4v) is 1.75. The zero-order valence-corrected chi connectivity index (χ0v) is 9.55. The lowest BCUT2D eigenvalue weighted by atomic mass is 10.00. The maximum atomic E-state index is 10.6. The number of carbonyl (C=O) groups is 1. The molecule has 1 rings (SSSR count). The lowest BCUT2D eigenvalue weighted by molar-refractivity contribution is -0.136. The van der Waals surface area contributed by atoms with Crippen LogP contribution in [-0.2, 0) is 11.2 Å². The van der Waals surface area contributed by atoms with Gasteiger partial charge in [0.2, 0.25) is 0 Å². The number of aromatic hydroxyl groups is 1. The summed E-state index contributed by atoms with van der Waals surface area (Å²) in [6.07, 6.45) is -0.0173. The minimum Gasteiger partial charge on any atom is -0.507 e. The maximum absolute atomic E-state index is 10.6. The Hall–Kier alpha value is -1.03. The van der Waals surface area contributed by atoms with Crippen LogP contribution in [0.5, 0.6) is 5.75 Å². The number of hydrogen-bond acceptors (Lipinski definition) is 2. The highest BCUT2D eigenvalue weighted by Crippen LogP contribution is 2.32. The number of halogens is 1. The van der Waals surface area contributed by atoms with Gasteiger partial charge in [-0.3, -0.25) is 4.79 Å². The summed E-state index contributed by atoms with van der Waals surface area (Å²) in [4.78, 5) is 10.6. The molecule has 14 heavy (non-hydrogen) atoms. The van der Waals surface area contributed by atoms with Crippen molar-refractivity contribution in [2.45, 2.75) is 20.3 Å². The summed E-state index contributed by atoms with van der Waals surface area (Å²) < 4.78 is 0.569. The summed E-state index contributed by atoms with van der Waals surface area (Å²) in [6, 6.07) is 1.56. The number of aliphatic carboxylic acids is 1. The molecule has 1 aromatic carbocycles. The molecule has 0 aliphatic heterocycles. The summed E-state index contributed by atoms with van der Waals surface area (Å²) in [7, 11) is 0. The van der Waals surface area contributed by atoms with Crippen molar-refractivity contribution in [2.75, 3.05) is 0 Å². The molecule has 0 aliphatic carbocycles. The minimum atomic E-state index is -0.867. The molecule has 0 radical (unpaired) electrons. The topological polar surface area (TPSA) is 57.5 Å². The summed E-state index contributed by atoms with van der Waals surface area (Å²) in [6.45, 7) is 3.58. The third-order valence-corrected chi connectivity index (χ3v) is 3.17. The molecule has 0 saturated heterocycles. The number of phenols is 1. The number of rotatable bonds is 2. The fourth-order valence-electron chi connectivity index (χ4n) is 1.40. The molecule has 4 heteroatoms. The lowest BCUT2D eigenvalue weighted by Gasteiger charge is -2.10. The van der Waals surface area contributed by atoms with Crippen LogP contribution in [0.2, 0.25) is 0 Å². The summed E-state index contributed by atoms with van der Waals surface area (Å²) in [5.41, 5.74) is 2.33. The van der Waals surface area contributed by atoms with E-state index in [0.717, 1.165) is 16.7 Å². The van der Waals surface area contributed by atoms with Gasteiger partial charge >= 0.3 is 5.97 Å². The SMILES string of the molecule is Cc1cc(O)c(Br)c(C)c1CC(=O)O. The highest BCUT2D eigenvalue weighted by atomic mass is 79.9. The van der Waals surface area contributed by atoms with Gasteiger partial charge in [-0.05, 0) is 52.5 Å². The Bertz CT molecular complexity index is 385. The Kier molecular flexibility index (Phi) is 3.16. The molecule has 2 N–H and O–H groups in total. The van der Waals surface area contributed by atoms with Gasteiger partial charge in [0.15, 0.2) is 0 Å². The summed E-state index contributed by atoms with van der Waals surface area (Å²) >= 11 is 3.21. The second-order valence-electron chi connectivity index (χ2n) is 3.20. The summed E-state index contributed by atoms with van der Waals surface area (Å²) in [5, 5.41) is 18.1. The lowest BCUT2D eigenvalue weighted by Crippen LogP contribution is -2.04. The second kappa shape index (κ2) is 4.00. The predicted octanol–water partition coefficient (Wildman–Crippen LogP) is 2.40. The first-order chi connectivity index (χ1) is 6.43. The minimum absolute atomic E-state index is 0.0173. The van der Waals surface area contributed by atoms with Crippen molar-refractivity contribution in [3.05, 3.63) is 27.2 Å². The van der Waals surface area contributed by atoms with Crippen molar-refractivity contribution in [1.29, 1.82) is 0 Å². The van der Waals surface area contributed by atoms with Crippen molar-refractivity contribution in [2.24, 2.45) is 0 Å². The Labute approximate surface area is 90.5 Å². The average Bonchev–Trinajstić information content (AvgIpc) is 2.09. The number of aryl methyl sites for hydroxylation is 1. The van der Waals surface area contributed by atoms with Crippen molar-refractivity contribution in [3.8, 4) is 5.75 Å². The van der Waals surface area contributed by atoms with E-state index in [2.05, 4.69) is 15.9 Å². The smallest absolute Gasteiger partial charge is 0.307 e. The van der Waals surface area contributed by atoms with E-state index in [-0.39, 0.29) is 12.2 Å². The Morgan fingerprint density at radius 2 is 2.07 bits per heavy atom. The molecular weight excluding hydrogens is 248 g/mol. The fraction of sp³-hybridized carbons (Fsp3) is 0.300. The molecule has 76 valence electrons. The van der Waals surface area contributed by atoms with Gasteiger partial charge in [-0.2, -0.15) is 0 Å². The third-order valence-electron chi connectivity index (χ3n) is 2.16. The summed E-state index contributed by atoms with van der Waals surface area (Å²) in [5.74, 6) is -0.720. The van der Waals surface area contributed by atoms with E-state index < -0.39 is 5.97 Å². The van der Waals surface area contributed by atoms with Crippen molar-refractivity contribution in [1.82, 2.24) is 0 Å². The Morgan fingerprint density at radius 3 is 2.57 bits per heavy atom. The molecule has 0 aromatic heterocycles. The van der Waals surface area contributed by atoms with Crippen LogP contribution in [0, 0.1) is 13.8 Å². The quantitative estimate of drug-likeness (QED) is 0.857. The molecule has 1 aromatic rings. The first kappa shape index (κ1) is 11.0. The van der Waals surface area contributed by atoms with E-state index in [1.165, 1.54) is 0 Å². The first-order valence-electron chi connectivity index (χ1n) is 4.12. The van der Waals surface area contributed by atoms with Gasteiger partial charge in [-0.25, -0.2) is 0 Å². The molecule has 0 bridgehead atoms. The monoisotopic (exact) mass is 258 g/mol. The maximum Gasteiger partial charge on any atom is 0.307 e. The van der Waals surface area contributed by atoms with Crippen LogP contribution in [0.4, 0.5) is 0 Å². The van der Waals surface area contributed by atoms with Gasteiger partial charge in [-0.15, -0.1) is 0 Å². The molecule has 0 heterocycles. The highest BCUT2D eigenvalue weighted by Gasteiger charge is 2.12. The van der Waals surface area contributed by atoms with Crippen LogP contribution in [0.25, 0.3) is 0 Å².